The molecule has 0 spiro atoms. The Balaban J connectivity index is 4.79. The van der Waals surface area contributed by atoms with Crippen molar-refractivity contribution in [2.75, 3.05) is 19.8 Å². The summed E-state index contributed by atoms with van der Waals surface area (Å²) in [5.74, 6) is -0.670. The zero-order chi connectivity index (χ0) is 21.3. The van der Waals surface area contributed by atoms with E-state index in [1.54, 1.807) is 13.8 Å². The Bertz CT molecular complexity index is 490. The first-order chi connectivity index (χ1) is 12.3. The standard InChI is InChI=1S/C18H36N4O5/c1-7-17(3,4)21-9-8-14(19)15(24)18(5,6)22-13(10-26-12(2)23)11-27-16(20)25/h13-14,21-22H,7-11,19H2,1-6H3,(H2,20,25). The number of carbonyl (C=O) groups excluding carboxylic acids is 3. The summed E-state index contributed by atoms with van der Waals surface area (Å²) < 4.78 is 9.72. The molecule has 9 nitrogen and oxygen atoms in total. The first-order valence-corrected chi connectivity index (χ1v) is 9.19. The molecule has 0 saturated carbocycles. The summed E-state index contributed by atoms with van der Waals surface area (Å²) >= 11 is 0. The van der Waals surface area contributed by atoms with E-state index in [1.807, 2.05) is 0 Å². The summed E-state index contributed by atoms with van der Waals surface area (Å²) in [6.45, 7) is 11.3. The number of nitrogens with two attached hydrogens (primary N) is 2. The molecule has 0 bridgehead atoms. The van der Waals surface area contributed by atoms with Crippen molar-refractivity contribution in [2.24, 2.45) is 11.5 Å². The number of hydrogen-bond donors (Lipinski definition) is 4. The molecule has 0 aliphatic heterocycles. The van der Waals surface area contributed by atoms with Crippen LogP contribution in [0.25, 0.3) is 0 Å². The van der Waals surface area contributed by atoms with Crippen LogP contribution in [0.3, 0.4) is 0 Å². The van der Waals surface area contributed by atoms with Crippen LogP contribution in [-0.2, 0) is 19.1 Å². The second kappa shape index (κ2) is 11.2. The van der Waals surface area contributed by atoms with E-state index in [2.05, 4.69) is 31.4 Å². The van der Waals surface area contributed by atoms with Crippen molar-refractivity contribution in [3.8, 4) is 0 Å². The maximum Gasteiger partial charge on any atom is 0.404 e. The number of rotatable bonds is 13. The predicted molar refractivity (Wildman–Crippen MR) is 103 cm³/mol. The van der Waals surface area contributed by atoms with Gasteiger partial charge >= 0.3 is 12.1 Å². The number of hydrogen-bond acceptors (Lipinski definition) is 8. The van der Waals surface area contributed by atoms with E-state index >= 15 is 0 Å². The first-order valence-electron chi connectivity index (χ1n) is 9.19. The van der Waals surface area contributed by atoms with Crippen LogP contribution < -0.4 is 22.1 Å². The molecule has 0 aromatic rings. The smallest absolute Gasteiger partial charge is 0.404 e. The lowest BCUT2D eigenvalue weighted by atomic mass is 9.91. The number of primary amides is 1. The number of nitrogens with one attached hydrogen (secondary N) is 2. The molecule has 0 aliphatic carbocycles. The van der Waals surface area contributed by atoms with Crippen LogP contribution in [0.1, 0.15) is 54.4 Å². The zero-order valence-electron chi connectivity index (χ0n) is 17.4. The average Bonchev–Trinajstić information content (AvgIpc) is 2.55. The lowest BCUT2D eigenvalue weighted by Gasteiger charge is -2.32. The largest absolute Gasteiger partial charge is 0.464 e. The SMILES string of the molecule is CCC(C)(C)NCCC(N)C(=O)C(C)(C)NC(COC(C)=O)COC(N)=O. The van der Waals surface area contributed by atoms with Crippen molar-refractivity contribution in [1.82, 2.24) is 10.6 Å². The molecule has 27 heavy (non-hydrogen) atoms. The van der Waals surface area contributed by atoms with Gasteiger partial charge in [-0.05, 0) is 47.1 Å². The van der Waals surface area contributed by atoms with Crippen molar-refractivity contribution in [3.63, 3.8) is 0 Å². The van der Waals surface area contributed by atoms with Crippen molar-refractivity contribution in [3.05, 3.63) is 0 Å². The van der Waals surface area contributed by atoms with E-state index in [4.69, 9.17) is 20.9 Å². The fourth-order valence-corrected chi connectivity index (χ4v) is 2.40. The topological polar surface area (TPSA) is 146 Å². The molecular weight excluding hydrogens is 352 g/mol. The molecule has 6 N–H and O–H groups in total. The van der Waals surface area contributed by atoms with Gasteiger partial charge in [-0.25, -0.2) is 4.79 Å². The van der Waals surface area contributed by atoms with Gasteiger partial charge in [-0.1, -0.05) is 6.92 Å². The molecule has 0 fully saturated rings. The lowest BCUT2D eigenvalue weighted by Crippen LogP contribution is -2.59. The minimum atomic E-state index is -1.01. The van der Waals surface area contributed by atoms with Gasteiger partial charge in [0.2, 0.25) is 0 Å². The van der Waals surface area contributed by atoms with Gasteiger partial charge in [-0.15, -0.1) is 0 Å². The van der Waals surface area contributed by atoms with Crippen LogP contribution in [0, 0.1) is 0 Å². The van der Waals surface area contributed by atoms with Crippen LogP contribution in [0.4, 0.5) is 4.79 Å². The summed E-state index contributed by atoms with van der Waals surface area (Å²) in [4.78, 5) is 34.6. The monoisotopic (exact) mass is 388 g/mol. The van der Waals surface area contributed by atoms with Crippen LogP contribution in [0.5, 0.6) is 0 Å². The molecule has 2 unspecified atom stereocenters. The Morgan fingerprint density at radius 3 is 2.11 bits per heavy atom. The summed E-state index contributed by atoms with van der Waals surface area (Å²) in [5, 5.41) is 6.41. The van der Waals surface area contributed by atoms with Crippen LogP contribution in [0.15, 0.2) is 0 Å². The molecule has 0 rings (SSSR count). The average molecular weight is 389 g/mol. The van der Waals surface area contributed by atoms with Gasteiger partial charge in [0, 0.05) is 12.5 Å². The third-order valence-electron chi connectivity index (χ3n) is 4.38. The maximum absolute atomic E-state index is 12.7. The Kier molecular flexibility index (Phi) is 10.5. The molecule has 9 heteroatoms. The Labute approximate surface area is 161 Å². The van der Waals surface area contributed by atoms with Gasteiger partial charge < -0.3 is 26.3 Å². The number of ketones is 1. The summed E-state index contributed by atoms with van der Waals surface area (Å²) in [5.41, 5.74) is 10.0. The molecule has 1 amide bonds. The number of esters is 1. The highest BCUT2D eigenvalue weighted by Crippen LogP contribution is 2.12. The Morgan fingerprint density at radius 2 is 1.63 bits per heavy atom. The zero-order valence-corrected chi connectivity index (χ0v) is 17.4. The second-order valence-electron chi connectivity index (χ2n) is 7.82. The van der Waals surface area contributed by atoms with E-state index in [1.165, 1.54) is 6.92 Å². The Morgan fingerprint density at radius 1 is 1.07 bits per heavy atom. The molecule has 0 radical (unpaired) electrons. The van der Waals surface area contributed by atoms with Gasteiger partial charge in [0.25, 0.3) is 0 Å². The van der Waals surface area contributed by atoms with Crippen molar-refractivity contribution in [1.29, 1.82) is 0 Å². The van der Waals surface area contributed by atoms with Gasteiger partial charge in [-0.3, -0.25) is 14.9 Å². The van der Waals surface area contributed by atoms with Gasteiger partial charge in [0.05, 0.1) is 17.6 Å². The van der Waals surface area contributed by atoms with Crippen molar-refractivity contribution >= 4 is 17.8 Å². The van der Waals surface area contributed by atoms with E-state index in [0.29, 0.717) is 13.0 Å². The van der Waals surface area contributed by atoms with Crippen LogP contribution in [0.2, 0.25) is 0 Å². The second-order valence-corrected chi connectivity index (χ2v) is 7.82. The normalized spacial score (nSPS) is 14.3. The predicted octanol–water partition coefficient (Wildman–Crippen LogP) is 0.446. The highest BCUT2D eigenvalue weighted by Gasteiger charge is 2.34. The van der Waals surface area contributed by atoms with Gasteiger partial charge in [-0.2, -0.15) is 0 Å². The summed E-state index contributed by atoms with van der Waals surface area (Å²) in [6.07, 6.45) is 0.496. The quantitative estimate of drug-likeness (QED) is 0.333. The van der Waals surface area contributed by atoms with Gasteiger partial charge in [0.1, 0.15) is 13.2 Å². The molecule has 0 saturated heterocycles. The number of carbonyl (C=O) groups is 3. The maximum atomic E-state index is 12.7. The third kappa shape index (κ3) is 10.9. The van der Waals surface area contributed by atoms with Gasteiger partial charge in [0.15, 0.2) is 5.78 Å². The molecule has 158 valence electrons. The minimum Gasteiger partial charge on any atom is -0.464 e. The van der Waals surface area contributed by atoms with Crippen LogP contribution in [-0.4, -0.2) is 60.8 Å². The number of Topliss-reactive ketones (excluding diaryl/α,β-unsaturated/α-hetero) is 1. The highest BCUT2D eigenvalue weighted by atomic mass is 16.6. The molecule has 0 aromatic heterocycles. The number of amides is 1. The summed E-state index contributed by atoms with van der Waals surface area (Å²) in [6, 6.07) is -1.26. The van der Waals surface area contributed by atoms with E-state index in [0.717, 1.165) is 6.42 Å². The molecular formula is C18H36N4O5. The number of ether oxygens (including phenoxy) is 2. The molecule has 0 heterocycles. The van der Waals surface area contributed by atoms with Crippen LogP contribution >= 0.6 is 0 Å². The molecule has 0 aliphatic rings. The van der Waals surface area contributed by atoms with E-state index in [-0.39, 0.29) is 24.5 Å². The first kappa shape index (κ1) is 25.3. The van der Waals surface area contributed by atoms with Crippen molar-refractivity contribution in [2.45, 2.75) is 77.5 Å². The third-order valence-corrected chi connectivity index (χ3v) is 4.38. The lowest BCUT2D eigenvalue weighted by molar-refractivity contribution is -0.142. The minimum absolute atomic E-state index is 0.0161. The summed E-state index contributed by atoms with van der Waals surface area (Å²) in [7, 11) is 0. The Hall–Kier alpha value is -1.71. The molecule has 0 aromatic carbocycles. The fraction of sp³-hybridized carbons (Fsp3) is 0.833. The van der Waals surface area contributed by atoms with E-state index < -0.39 is 29.7 Å². The van der Waals surface area contributed by atoms with E-state index in [9.17, 15) is 14.4 Å². The van der Waals surface area contributed by atoms with Crippen molar-refractivity contribution < 1.29 is 23.9 Å². The fourth-order valence-electron chi connectivity index (χ4n) is 2.40. The highest BCUT2D eigenvalue weighted by molar-refractivity contribution is 5.92. The molecule has 2 atom stereocenters.